The Labute approximate surface area is 85.1 Å². The van der Waals surface area contributed by atoms with E-state index in [0.717, 1.165) is 6.33 Å². The van der Waals surface area contributed by atoms with Crippen LogP contribution in [0.4, 0.5) is 4.39 Å². The first-order valence-electron chi connectivity index (χ1n) is 4.14. The molecule has 0 N–H and O–H groups in total. The van der Waals surface area contributed by atoms with Crippen molar-refractivity contribution in [3.8, 4) is 17.3 Å². The van der Waals surface area contributed by atoms with E-state index in [1.54, 1.807) is 18.2 Å². The number of aromatic nitrogens is 3. The lowest BCUT2D eigenvalue weighted by Gasteiger charge is -2.01. The lowest BCUT2D eigenvalue weighted by Crippen LogP contribution is -1.96. The molecule has 2 aromatic heterocycles. The van der Waals surface area contributed by atoms with Crippen LogP contribution in [0.2, 0.25) is 0 Å². The van der Waals surface area contributed by atoms with Crippen LogP contribution in [-0.2, 0) is 0 Å². The largest absolute Gasteiger partial charge is 0.265 e. The lowest BCUT2D eigenvalue weighted by atomic mass is 10.1. The minimum Gasteiger partial charge on any atom is -0.265 e. The summed E-state index contributed by atoms with van der Waals surface area (Å²) in [4.78, 5) is 11.1. The van der Waals surface area contributed by atoms with Crippen molar-refractivity contribution >= 4 is 0 Å². The Balaban J connectivity index is 2.61. The molecule has 2 aromatic rings. The van der Waals surface area contributed by atoms with Crippen LogP contribution >= 0.6 is 0 Å². The minimum atomic E-state index is -0.703. The Bertz CT molecular complexity index is 519. The van der Waals surface area contributed by atoms with Gasteiger partial charge in [-0.15, -0.1) is 0 Å². The molecule has 0 fully saturated rings. The van der Waals surface area contributed by atoms with Crippen molar-refractivity contribution in [3.05, 3.63) is 42.4 Å². The van der Waals surface area contributed by atoms with Gasteiger partial charge in [-0.05, 0) is 12.1 Å². The zero-order chi connectivity index (χ0) is 10.7. The number of pyridine rings is 1. The number of halogens is 1. The molecular formula is C10H5FN4. The lowest BCUT2D eigenvalue weighted by molar-refractivity contribution is 0.613. The van der Waals surface area contributed by atoms with E-state index in [0.29, 0.717) is 5.56 Å². The van der Waals surface area contributed by atoms with Crippen LogP contribution in [0.25, 0.3) is 11.3 Å². The summed E-state index contributed by atoms with van der Waals surface area (Å²) >= 11 is 0. The molecule has 0 saturated heterocycles. The molecule has 0 aliphatic rings. The first-order chi connectivity index (χ1) is 7.33. The first-order valence-corrected chi connectivity index (χ1v) is 4.14. The third kappa shape index (κ3) is 1.65. The van der Waals surface area contributed by atoms with Gasteiger partial charge in [-0.3, -0.25) is 4.98 Å². The quantitative estimate of drug-likeness (QED) is 0.700. The molecule has 0 radical (unpaired) electrons. The van der Waals surface area contributed by atoms with Gasteiger partial charge in [-0.1, -0.05) is 0 Å². The van der Waals surface area contributed by atoms with Crippen LogP contribution in [0.5, 0.6) is 0 Å². The van der Waals surface area contributed by atoms with Crippen molar-refractivity contribution in [2.24, 2.45) is 0 Å². The SMILES string of the molecule is N#Cc1ncnc(-c2ccncc2)c1F. The van der Waals surface area contributed by atoms with Crippen LogP contribution in [0.1, 0.15) is 5.69 Å². The van der Waals surface area contributed by atoms with Crippen molar-refractivity contribution in [2.45, 2.75) is 0 Å². The maximum atomic E-state index is 13.6. The van der Waals surface area contributed by atoms with Gasteiger partial charge in [0.25, 0.3) is 0 Å². The Morgan fingerprint density at radius 1 is 1.20 bits per heavy atom. The van der Waals surface area contributed by atoms with Gasteiger partial charge in [0, 0.05) is 18.0 Å². The molecule has 72 valence electrons. The van der Waals surface area contributed by atoms with Crippen molar-refractivity contribution < 1.29 is 4.39 Å². The fraction of sp³-hybridized carbons (Fsp3) is 0. The predicted octanol–water partition coefficient (Wildman–Crippen LogP) is 1.55. The Kier molecular flexibility index (Phi) is 2.33. The van der Waals surface area contributed by atoms with Crippen LogP contribution in [0.3, 0.4) is 0 Å². The Morgan fingerprint density at radius 2 is 1.93 bits per heavy atom. The minimum absolute atomic E-state index is 0.115. The number of nitrogens with zero attached hydrogens (tertiary/aromatic N) is 4. The van der Waals surface area contributed by atoms with Crippen molar-refractivity contribution in [1.29, 1.82) is 5.26 Å². The Morgan fingerprint density at radius 3 is 2.60 bits per heavy atom. The van der Waals surface area contributed by atoms with E-state index in [-0.39, 0.29) is 11.4 Å². The van der Waals surface area contributed by atoms with E-state index in [4.69, 9.17) is 5.26 Å². The highest BCUT2D eigenvalue weighted by Crippen LogP contribution is 2.19. The molecule has 0 unspecified atom stereocenters. The summed E-state index contributed by atoms with van der Waals surface area (Å²) in [6.45, 7) is 0. The monoisotopic (exact) mass is 200 g/mol. The summed E-state index contributed by atoms with van der Waals surface area (Å²) in [5, 5.41) is 8.60. The molecule has 0 atom stereocenters. The van der Waals surface area contributed by atoms with E-state index in [1.807, 2.05) is 0 Å². The molecule has 0 aromatic carbocycles. The molecule has 2 heterocycles. The third-order valence-corrected chi connectivity index (χ3v) is 1.85. The smallest absolute Gasteiger partial charge is 0.185 e. The van der Waals surface area contributed by atoms with Crippen molar-refractivity contribution in [1.82, 2.24) is 15.0 Å². The maximum Gasteiger partial charge on any atom is 0.185 e. The first kappa shape index (κ1) is 9.21. The number of hydrogen-bond acceptors (Lipinski definition) is 4. The average molecular weight is 200 g/mol. The van der Waals surface area contributed by atoms with Crippen molar-refractivity contribution in [2.75, 3.05) is 0 Å². The highest BCUT2D eigenvalue weighted by atomic mass is 19.1. The van der Waals surface area contributed by atoms with E-state index in [2.05, 4.69) is 15.0 Å². The molecular weight excluding hydrogens is 195 g/mol. The molecule has 5 heteroatoms. The van der Waals surface area contributed by atoms with Gasteiger partial charge >= 0.3 is 0 Å². The molecule has 0 amide bonds. The van der Waals surface area contributed by atoms with Gasteiger partial charge in [0.1, 0.15) is 18.1 Å². The summed E-state index contributed by atoms with van der Waals surface area (Å²) in [7, 11) is 0. The molecule has 0 spiro atoms. The maximum absolute atomic E-state index is 13.6. The fourth-order valence-electron chi connectivity index (χ4n) is 1.16. The van der Waals surface area contributed by atoms with E-state index in [1.165, 1.54) is 12.4 Å². The van der Waals surface area contributed by atoms with Gasteiger partial charge in [0.05, 0.1) is 0 Å². The second-order valence-electron chi connectivity index (χ2n) is 2.73. The number of nitriles is 1. The topological polar surface area (TPSA) is 62.5 Å². The summed E-state index contributed by atoms with van der Waals surface area (Å²) in [6.07, 6.45) is 4.23. The fourth-order valence-corrected chi connectivity index (χ4v) is 1.16. The zero-order valence-corrected chi connectivity index (χ0v) is 7.55. The van der Waals surface area contributed by atoms with Crippen LogP contribution in [0, 0.1) is 17.1 Å². The summed E-state index contributed by atoms with van der Waals surface area (Å²) in [6, 6.07) is 4.90. The van der Waals surface area contributed by atoms with Crippen molar-refractivity contribution in [3.63, 3.8) is 0 Å². The normalized spacial score (nSPS) is 9.60. The number of rotatable bonds is 1. The summed E-state index contributed by atoms with van der Waals surface area (Å²) in [5.74, 6) is -0.703. The molecule has 0 aliphatic heterocycles. The molecule has 2 rings (SSSR count). The van der Waals surface area contributed by atoms with Gasteiger partial charge in [-0.2, -0.15) is 5.26 Å². The molecule has 0 bridgehead atoms. The predicted molar refractivity (Wildman–Crippen MR) is 49.9 cm³/mol. The highest BCUT2D eigenvalue weighted by molar-refractivity contribution is 5.59. The van der Waals surface area contributed by atoms with Gasteiger partial charge < -0.3 is 0 Å². The summed E-state index contributed by atoms with van der Waals surface area (Å²) in [5.41, 5.74) is 0.433. The molecule has 4 nitrogen and oxygen atoms in total. The van der Waals surface area contributed by atoms with Gasteiger partial charge in [0.15, 0.2) is 11.5 Å². The van der Waals surface area contributed by atoms with E-state index >= 15 is 0 Å². The van der Waals surface area contributed by atoms with Gasteiger partial charge in [0.2, 0.25) is 0 Å². The van der Waals surface area contributed by atoms with E-state index in [9.17, 15) is 4.39 Å². The highest BCUT2D eigenvalue weighted by Gasteiger charge is 2.11. The van der Waals surface area contributed by atoms with E-state index < -0.39 is 5.82 Å². The average Bonchev–Trinajstić information content (AvgIpc) is 2.30. The van der Waals surface area contributed by atoms with Crippen LogP contribution in [0.15, 0.2) is 30.9 Å². The van der Waals surface area contributed by atoms with Crippen LogP contribution in [-0.4, -0.2) is 15.0 Å². The summed E-state index contributed by atoms with van der Waals surface area (Å²) < 4.78 is 13.6. The van der Waals surface area contributed by atoms with Crippen LogP contribution < -0.4 is 0 Å². The Hall–Kier alpha value is -2.35. The molecule has 15 heavy (non-hydrogen) atoms. The number of hydrogen-bond donors (Lipinski definition) is 0. The zero-order valence-electron chi connectivity index (χ0n) is 7.55. The third-order valence-electron chi connectivity index (χ3n) is 1.85. The standard InChI is InChI=1S/C10H5FN4/c11-9-8(5-12)14-6-15-10(9)7-1-3-13-4-2-7/h1-4,6H. The second kappa shape index (κ2) is 3.80. The van der Waals surface area contributed by atoms with Gasteiger partial charge in [-0.25, -0.2) is 14.4 Å². The molecule has 0 aliphatic carbocycles. The molecule has 0 saturated carbocycles. The second-order valence-corrected chi connectivity index (χ2v) is 2.73.